The Kier molecular flexibility index (Phi) is 4.28. The van der Waals surface area contributed by atoms with Crippen molar-refractivity contribution in [3.63, 3.8) is 0 Å². The van der Waals surface area contributed by atoms with Crippen LogP contribution in [0.4, 0.5) is 8.78 Å². The molecule has 0 amide bonds. The predicted octanol–water partition coefficient (Wildman–Crippen LogP) is 3.35. The standard InChI is InChI=1S/C7H12F2/c1-3-5-7(9)6(8)4-2/h3-5H2,1-2H3/b7-6+. The Morgan fingerprint density at radius 1 is 1.11 bits per heavy atom. The van der Waals surface area contributed by atoms with E-state index in [0.29, 0.717) is 6.42 Å². The van der Waals surface area contributed by atoms with Crippen LogP contribution in [0, 0.1) is 0 Å². The molecule has 0 N–H and O–H groups in total. The molecule has 0 bridgehead atoms. The molecule has 2 heteroatoms. The maximum absolute atomic E-state index is 12.3. The summed E-state index contributed by atoms with van der Waals surface area (Å²) in [5.41, 5.74) is 0. The van der Waals surface area contributed by atoms with Crippen molar-refractivity contribution in [3.8, 4) is 0 Å². The van der Waals surface area contributed by atoms with Gasteiger partial charge in [-0.3, -0.25) is 0 Å². The van der Waals surface area contributed by atoms with Crippen LogP contribution >= 0.6 is 0 Å². The first-order valence-electron chi connectivity index (χ1n) is 3.25. The van der Waals surface area contributed by atoms with Crippen LogP contribution in [0.2, 0.25) is 0 Å². The largest absolute Gasteiger partial charge is 0.209 e. The van der Waals surface area contributed by atoms with Crippen molar-refractivity contribution in [3.05, 3.63) is 11.7 Å². The number of hydrogen-bond acceptors (Lipinski definition) is 0. The second-order valence-corrected chi connectivity index (χ2v) is 1.91. The summed E-state index contributed by atoms with van der Waals surface area (Å²) >= 11 is 0. The van der Waals surface area contributed by atoms with Crippen molar-refractivity contribution in [1.29, 1.82) is 0 Å². The normalized spacial score (nSPS) is 13.3. The molecule has 0 rings (SSSR count). The quantitative estimate of drug-likeness (QED) is 0.555. The summed E-state index contributed by atoms with van der Waals surface area (Å²) in [4.78, 5) is 0. The molecule has 0 nitrogen and oxygen atoms in total. The highest BCUT2D eigenvalue weighted by atomic mass is 19.2. The third kappa shape index (κ3) is 3.22. The van der Waals surface area contributed by atoms with Gasteiger partial charge in [-0.2, -0.15) is 0 Å². The zero-order valence-electron chi connectivity index (χ0n) is 5.88. The lowest BCUT2D eigenvalue weighted by Gasteiger charge is -1.93. The van der Waals surface area contributed by atoms with Crippen molar-refractivity contribution in [1.82, 2.24) is 0 Å². The second-order valence-electron chi connectivity index (χ2n) is 1.91. The maximum Gasteiger partial charge on any atom is 0.131 e. The van der Waals surface area contributed by atoms with Crippen molar-refractivity contribution in [2.45, 2.75) is 33.1 Å². The Labute approximate surface area is 54.6 Å². The average Bonchev–Trinajstić information content (AvgIpc) is 1.87. The Hall–Kier alpha value is -0.400. The van der Waals surface area contributed by atoms with Crippen LogP contribution < -0.4 is 0 Å². The third-order valence-corrected chi connectivity index (χ3v) is 1.07. The molecule has 9 heavy (non-hydrogen) atoms. The minimum atomic E-state index is -0.600. The van der Waals surface area contributed by atoms with Crippen molar-refractivity contribution >= 4 is 0 Å². The topological polar surface area (TPSA) is 0 Å². The van der Waals surface area contributed by atoms with E-state index in [-0.39, 0.29) is 12.8 Å². The summed E-state index contributed by atoms with van der Waals surface area (Å²) in [6.07, 6.45) is 1.07. The van der Waals surface area contributed by atoms with E-state index in [4.69, 9.17) is 0 Å². The molecule has 54 valence electrons. The number of rotatable bonds is 3. The highest BCUT2D eigenvalue weighted by Gasteiger charge is 2.00. The van der Waals surface area contributed by atoms with Crippen LogP contribution in [0.25, 0.3) is 0 Å². The van der Waals surface area contributed by atoms with Crippen LogP contribution in [0.1, 0.15) is 33.1 Å². The molecule has 0 aromatic heterocycles. The Morgan fingerprint density at radius 2 is 1.67 bits per heavy atom. The van der Waals surface area contributed by atoms with E-state index >= 15 is 0 Å². The third-order valence-electron chi connectivity index (χ3n) is 1.07. The molecule has 0 saturated carbocycles. The van der Waals surface area contributed by atoms with Gasteiger partial charge < -0.3 is 0 Å². The average molecular weight is 134 g/mol. The van der Waals surface area contributed by atoms with E-state index in [1.807, 2.05) is 6.92 Å². The second kappa shape index (κ2) is 4.48. The minimum absolute atomic E-state index is 0.172. The van der Waals surface area contributed by atoms with Gasteiger partial charge in [-0.15, -0.1) is 0 Å². The van der Waals surface area contributed by atoms with Gasteiger partial charge in [0.25, 0.3) is 0 Å². The van der Waals surface area contributed by atoms with Crippen molar-refractivity contribution < 1.29 is 8.78 Å². The first-order chi connectivity index (χ1) is 4.22. The fourth-order valence-electron chi connectivity index (χ4n) is 0.547. The Balaban J connectivity index is 3.78. The number of hydrogen-bond donors (Lipinski definition) is 0. The van der Waals surface area contributed by atoms with Crippen molar-refractivity contribution in [2.75, 3.05) is 0 Å². The summed E-state index contributed by atoms with van der Waals surface area (Å²) in [6.45, 7) is 3.42. The molecule has 0 aliphatic carbocycles. The highest BCUT2D eigenvalue weighted by molar-refractivity contribution is 4.98. The lowest BCUT2D eigenvalue weighted by molar-refractivity contribution is 0.490. The molecular weight excluding hydrogens is 122 g/mol. The zero-order chi connectivity index (χ0) is 7.28. The molecule has 0 radical (unpaired) electrons. The number of allylic oxidation sites excluding steroid dienone is 2. The van der Waals surface area contributed by atoms with E-state index in [9.17, 15) is 8.78 Å². The monoisotopic (exact) mass is 134 g/mol. The maximum atomic E-state index is 12.3. The predicted molar refractivity (Wildman–Crippen MR) is 34.4 cm³/mol. The van der Waals surface area contributed by atoms with Gasteiger partial charge in [0, 0.05) is 6.42 Å². The molecule has 0 spiro atoms. The molecular formula is C7H12F2. The molecule has 0 aromatic carbocycles. The van der Waals surface area contributed by atoms with E-state index in [2.05, 4.69) is 0 Å². The minimum Gasteiger partial charge on any atom is -0.209 e. The molecule has 0 fully saturated rings. The van der Waals surface area contributed by atoms with E-state index in [1.54, 1.807) is 6.92 Å². The molecule has 0 saturated heterocycles. The lowest BCUT2D eigenvalue weighted by Crippen LogP contribution is -1.78. The van der Waals surface area contributed by atoms with E-state index < -0.39 is 11.7 Å². The molecule has 0 unspecified atom stereocenters. The Bertz CT molecular complexity index is 105. The van der Waals surface area contributed by atoms with Gasteiger partial charge in [0.15, 0.2) is 0 Å². The highest BCUT2D eigenvalue weighted by Crippen LogP contribution is 2.15. The first kappa shape index (κ1) is 8.60. The summed E-state index contributed by atoms with van der Waals surface area (Å²) in [7, 11) is 0. The summed E-state index contributed by atoms with van der Waals surface area (Å²) < 4.78 is 24.5. The van der Waals surface area contributed by atoms with Crippen LogP contribution in [-0.4, -0.2) is 0 Å². The zero-order valence-corrected chi connectivity index (χ0v) is 5.88. The van der Waals surface area contributed by atoms with Gasteiger partial charge in [0.1, 0.15) is 11.7 Å². The lowest BCUT2D eigenvalue weighted by atomic mass is 10.2. The number of halogens is 2. The smallest absolute Gasteiger partial charge is 0.131 e. The van der Waals surface area contributed by atoms with Crippen LogP contribution in [0.15, 0.2) is 11.7 Å². The van der Waals surface area contributed by atoms with E-state index in [0.717, 1.165) is 0 Å². The van der Waals surface area contributed by atoms with Gasteiger partial charge in [-0.1, -0.05) is 13.8 Å². The van der Waals surface area contributed by atoms with Gasteiger partial charge in [0.2, 0.25) is 0 Å². The molecule has 0 aliphatic heterocycles. The van der Waals surface area contributed by atoms with Crippen LogP contribution in [0.3, 0.4) is 0 Å². The van der Waals surface area contributed by atoms with E-state index in [1.165, 1.54) is 0 Å². The molecule has 0 heterocycles. The van der Waals surface area contributed by atoms with Crippen LogP contribution in [-0.2, 0) is 0 Å². The van der Waals surface area contributed by atoms with Gasteiger partial charge in [-0.05, 0) is 12.8 Å². The molecule has 0 aliphatic rings. The summed E-state index contributed by atoms with van der Waals surface area (Å²) in [5.74, 6) is -1.18. The fraction of sp³-hybridized carbons (Fsp3) is 0.714. The first-order valence-corrected chi connectivity index (χ1v) is 3.25. The van der Waals surface area contributed by atoms with Gasteiger partial charge >= 0.3 is 0 Å². The van der Waals surface area contributed by atoms with Crippen LogP contribution in [0.5, 0.6) is 0 Å². The SMILES string of the molecule is CCC/C(F)=C(\F)CC. The summed E-state index contributed by atoms with van der Waals surface area (Å²) in [5, 5.41) is 0. The summed E-state index contributed by atoms with van der Waals surface area (Å²) in [6, 6.07) is 0. The fourth-order valence-corrected chi connectivity index (χ4v) is 0.547. The van der Waals surface area contributed by atoms with Gasteiger partial charge in [0.05, 0.1) is 0 Å². The molecule has 0 atom stereocenters. The Morgan fingerprint density at radius 3 is 2.00 bits per heavy atom. The molecule has 0 aromatic rings. The van der Waals surface area contributed by atoms with Crippen molar-refractivity contribution in [2.24, 2.45) is 0 Å². The van der Waals surface area contributed by atoms with Gasteiger partial charge in [-0.25, -0.2) is 8.78 Å².